The molecule has 0 radical (unpaired) electrons. The van der Waals surface area contributed by atoms with E-state index in [0.717, 1.165) is 18.5 Å². The second-order valence-corrected chi connectivity index (χ2v) is 3.05. The number of likely N-dealkylation sites (N-methyl/N-ethyl adjacent to an activating group) is 1. The molecule has 0 bridgehead atoms. The van der Waals surface area contributed by atoms with Crippen molar-refractivity contribution in [3.05, 3.63) is 24.9 Å². The van der Waals surface area contributed by atoms with Crippen molar-refractivity contribution in [2.24, 2.45) is 5.92 Å². The minimum atomic E-state index is 0.211. The number of hydrogen-bond acceptors (Lipinski definition) is 1. The highest BCUT2D eigenvalue weighted by molar-refractivity contribution is 5.82. The van der Waals surface area contributed by atoms with Crippen LogP contribution in [-0.2, 0) is 4.79 Å². The summed E-state index contributed by atoms with van der Waals surface area (Å²) in [5.41, 5.74) is 0.717. The maximum absolute atomic E-state index is 11.6. The highest BCUT2D eigenvalue weighted by Crippen LogP contribution is 2.31. The summed E-state index contributed by atoms with van der Waals surface area (Å²) in [5.74, 6) is 0.476. The summed E-state index contributed by atoms with van der Waals surface area (Å²) in [4.78, 5) is 13.3. The van der Waals surface area contributed by atoms with Crippen molar-refractivity contribution in [2.75, 3.05) is 6.54 Å². The van der Waals surface area contributed by atoms with Crippen LogP contribution in [0.2, 0.25) is 0 Å². The van der Waals surface area contributed by atoms with E-state index < -0.39 is 0 Å². The van der Waals surface area contributed by atoms with Gasteiger partial charge in [-0.2, -0.15) is 0 Å². The summed E-state index contributed by atoms with van der Waals surface area (Å²) in [7, 11) is 0. The van der Waals surface area contributed by atoms with Crippen molar-refractivity contribution < 1.29 is 4.79 Å². The Morgan fingerprint density at radius 3 is 2.58 bits per heavy atom. The first kappa shape index (κ1) is 9.04. The highest BCUT2D eigenvalue weighted by atomic mass is 16.2. The molecular formula is C10H15NO. The maximum Gasteiger partial charge on any atom is 0.230 e. The van der Waals surface area contributed by atoms with E-state index in [2.05, 4.69) is 13.2 Å². The molecule has 1 fully saturated rings. The van der Waals surface area contributed by atoms with Crippen LogP contribution < -0.4 is 0 Å². The molecule has 1 saturated carbocycles. The second-order valence-electron chi connectivity index (χ2n) is 3.05. The third kappa shape index (κ3) is 1.76. The van der Waals surface area contributed by atoms with E-state index >= 15 is 0 Å². The van der Waals surface area contributed by atoms with Crippen molar-refractivity contribution >= 4 is 5.91 Å². The maximum atomic E-state index is 11.6. The van der Waals surface area contributed by atoms with Gasteiger partial charge in [0.2, 0.25) is 5.91 Å². The van der Waals surface area contributed by atoms with Gasteiger partial charge in [-0.3, -0.25) is 4.79 Å². The van der Waals surface area contributed by atoms with Gasteiger partial charge in [0, 0.05) is 18.2 Å². The second kappa shape index (κ2) is 3.57. The minimum Gasteiger partial charge on any atom is -0.313 e. The van der Waals surface area contributed by atoms with Crippen molar-refractivity contribution in [3.8, 4) is 0 Å². The fourth-order valence-corrected chi connectivity index (χ4v) is 1.16. The third-order valence-electron chi connectivity index (χ3n) is 2.09. The normalized spacial score (nSPS) is 15.4. The smallest absolute Gasteiger partial charge is 0.230 e. The average molecular weight is 165 g/mol. The molecule has 1 amide bonds. The number of rotatable bonds is 4. The zero-order valence-electron chi connectivity index (χ0n) is 7.55. The predicted octanol–water partition coefficient (Wildman–Crippen LogP) is 1.94. The molecule has 0 saturated heterocycles. The van der Waals surface area contributed by atoms with Crippen molar-refractivity contribution in [2.45, 2.75) is 19.8 Å². The number of amides is 1. The van der Waals surface area contributed by atoms with E-state index in [4.69, 9.17) is 0 Å². The van der Waals surface area contributed by atoms with Crippen molar-refractivity contribution in [3.63, 3.8) is 0 Å². The number of carbonyl (C=O) groups excluding carboxylic acids is 1. The molecule has 0 spiro atoms. The van der Waals surface area contributed by atoms with Crippen LogP contribution in [0.5, 0.6) is 0 Å². The Hall–Kier alpha value is -1.05. The SMILES string of the molecule is C=CC(=C)N(CC)C(=O)C1CC1. The Morgan fingerprint density at radius 1 is 1.67 bits per heavy atom. The number of allylic oxidation sites excluding steroid dienone is 1. The van der Waals surface area contributed by atoms with Gasteiger partial charge in [-0.05, 0) is 25.8 Å². The van der Waals surface area contributed by atoms with E-state index in [0.29, 0.717) is 6.54 Å². The average Bonchev–Trinajstić information content (AvgIpc) is 2.87. The molecule has 0 atom stereocenters. The van der Waals surface area contributed by atoms with Crippen LogP contribution >= 0.6 is 0 Å². The topological polar surface area (TPSA) is 20.3 Å². The molecular weight excluding hydrogens is 150 g/mol. The highest BCUT2D eigenvalue weighted by Gasteiger charge is 2.33. The van der Waals surface area contributed by atoms with E-state index in [1.807, 2.05) is 6.92 Å². The molecule has 0 aromatic rings. The molecule has 1 aliphatic carbocycles. The molecule has 12 heavy (non-hydrogen) atoms. The lowest BCUT2D eigenvalue weighted by atomic mass is 10.3. The Bertz CT molecular complexity index is 216. The van der Waals surface area contributed by atoms with Gasteiger partial charge in [0.05, 0.1) is 0 Å². The summed E-state index contributed by atoms with van der Waals surface area (Å²) in [6, 6.07) is 0. The van der Waals surface area contributed by atoms with Gasteiger partial charge in [-0.25, -0.2) is 0 Å². The summed E-state index contributed by atoms with van der Waals surface area (Å²) >= 11 is 0. The lowest BCUT2D eigenvalue weighted by Gasteiger charge is -2.20. The van der Waals surface area contributed by atoms with Crippen LogP contribution in [0.3, 0.4) is 0 Å². The van der Waals surface area contributed by atoms with Gasteiger partial charge >= 0.3 is 0 Å². The van der Waals surface area contributed by atoms with E-state index in [9.17, 15) is 4.79 Å². The lowest BCUT2D eigenvalue weighted by Crippen LogP contribution is -2.30. The van der Waals surface area contributed by atoms with Crippen LogP contribution in [0, 0.1) is 5.92 Å². The van der Waals surface area contributed by atoms with Crippen molar-refractivity contribution in [1.29, 1.82) is 0 Å². The Balaban J connectivity index is 2.59. The van der Waals surface area contributed by atoms with Gasteiger partial charge < -0.3 is 4.90 Å². The van der Waals surface area contributed by atoms with E-state index in [1.54, 1.807) is 11.0 Å². The Morgan fingerprint density at radius 2 is 2.25 bits per heavy atom. The number of carbonyl (C=O) groups is 1. The molecule has 0 N–H and O–H groups in total. The molecule has 0 aliphatic heterocycles. The predicted molar refractivity (Wildman–Crippen MR) is 49.4 cm³/mol. The van der Waals surface area contributed by atoms with Crippen LogP contribution in [0.25, 0.3) is 0 Å². The molecule has 1 aliphatic rings. The zero-order valence-corrected chi connectivity index (χ0v) is 7.55. The largest absolute Gasteiger partial charge is 0.313 e. The monoisotopic (exact) mass is 165 g/mol. The lowest BCUT2D eigenvalue weighted by molar-refractivity contribution is -0.130. The quantitative estimate of drug-likeness (QED) is 0.583. The first-order valence-corrected chi connectivity index (χ1v) is 4.33. The zero-order chi connectivity index (χ0) is 9.14. The van der Waals surface area contributed by atoms with Gasteiger partial charge in [0.15, 0.2) is 0 Å². The first-order chi connectivity index (χ1) is 5.70. The third-order valence-corrected chi connectivity index (χ3v) is 2.09. The van der Waals surface area contributed by atoms with Crippen molar-refractivity contribution in [1.82, 2.24) is 4.90 Å². The molecule has 0 unspecified atom stereocenters. The molecule has 0 aromatic heterocycles. The fraction of sp³-hybridized carbons (Fsp3) is 0.500. The number of hydrogen-bond donors (Lipinski definition) is 0. The van der Waals surface area contributed by atoms with Crippen LogP contribution in [-0.4, -0.2) is 17.4 Å². The van der Waals surface area contributed by atoms with Gasteiger partial charge in [-0.15, -0.1) is 0 Å². The molecule has 66 valence electrons. The molecule has 2 nitrogen and oxygen atoms in total. The Labute approximate surface area is 73.6 Å². The van der Waals surface area contributed by atoms with Crippen LogP contribution in [0.1, 0.15) is 19.8 Å². The fourth-order valence-electron chi connectivity index (χ4n) is 1.16. The minimum absolute atomic E-state index is 0.211. The summed E-state index contributed by atoms with van der Waals surface area (Å²) in [6.45, 7) is 10.0. The first-order valence-electron chi connectivity index (χ1n) is 4.33. The standard InChI is InChI=1S/C10H15NO/c1-4-8(3)11(5-2)10(12)9-6-7-9/h4,9H,1,3,5-7H2,2H3. The molecule has 0 heterocycles. The van der Waals surface area contributed by atoms with Gasteiger partial charge in [-0.1, -0.05) is 13.2 Å². The molecule has 0 aromatic carbocycles. The Kier molecular flexibility index (Phi) is 2.69. The van der Waals surface area contributed by atoms with Crippen LogP contribution in [0.15, 0.2) is 24.9 Å². The number of nitrogens with zero attached hydrogens (tertiary/aromatic N) is 1. The van der Waals surface area contributed by atoms with Crippen LogP contribution in [0.4, 0.5) is 0 Å². The molecule has 1 rings (SSSR count). The van der Waals surface area contributed by atoms with E-state index in [-0.39, 0.29) is 11.8 Å². The summed E-state index contributed by atoms with van der Waals surface area (Å²) in [6.07, 6.45) is 3.71. The summed E-state index contributed by atoms with van der Waals surface area (Å²) < 4.78 is 0. The summed E-state index contributed by atoms with van der Waals surface area (Å²) in [5, 5.41) is 0. The van der Waals surface area contributed by atoms with E-state index in [1.165, 1.54) is 0 Å². The van der Waals surface area contributed by atoms with Gasteiger partial charge in [0.25, 0.3) is 0 Å². The van der Waals surface area contributed by atoms with Gasteiger partial charge in [0.1, 0.15) is 0 Å². The molecule has 2 heteroatoms.